The van der Waals surface area contributed by atoms with E-state index in [2.05, 4.69) is 0 Å². The second kappa shape index (κ2) is 4.31. The van der Waals surface area contributed by atoms with E-state index in [1.807, 2.05) is 6.92 Å². The van der Waals surface area contributed by atoms with Gasteiger partial charge in [0.2, 0.25) is 5.91 Å². The predicted octanol–water partition coefficient (Wildman–Crippen LogP) is 1.26. The van der Waals surface area contributed by atoms with E-state index in [0.29, 0.717) is 6.42 Å². The Morgan fingerprint density at radius 2 is 1.88 bits per heavy atom. The number of hydrogen-bond acceptors (Lipinski definition) is 3. The highest BCUT2D eigenvalue weighted by atomic mass is 16.6. The van der Waals surface area contributed by atoms with E-state index < -0.39 is 23.6 Å². The fourth-order valence-electron chi connectivity index (χ4n) is 1.89. The molecule has 2 amide bonds. The van der Waals surface area contributed by atoms with Gasteiger partial charge in [-0.05, 0) is 40.5 Å². The Kier molecular flexibility index (Phi) is 3.45. The van der Waals surface area contributed by atoms with Crippen molar-refractivity contribution < 1.29 is 14.3 Å². The van der Waals surface area contributed by atoms with E-state index in [1.54, 1.807) is 20.8 Å². The lowest BCUT2D eigenvalue weighted by Crippen LogP contribution is -2.48. The summed E-state index contributed by atoms with van der Waals surface area (Å²) in [6.45, 7) is 7.29. The van der Waals surface area contributed by atoms with Crippen molar-refractivity contribution in [1.82, 2.24) is 4.90 Å². The zero-order valence-electron chi connectivity index (χ0n) is 10.3. The van der Waals surface area contributed by atoms with Gasteiger partial charge in [-0.2, -0.15) is 0 Å². The molecule has 1 saturated heterocycles. The van der Waals surface area contributed by atoms with Gasteiger partial charge in [-0.15, -0.1) is 0 Å². The van der Waals surface area contributed by atoms with Gasteiger partial charge in [0.25, 0.3) is 0 Å². The highest BCUT2D eigenvalue weighted by Crippen LogP contribution is 2.25. The maximum atomic E-state index is 11.9. The summed E-state index contributed by atoms with van der Waals surface area (Å²) in [5, 5.41) is 0. The molecule has 0 radical (unpaired) electrons. The number of rotatable bonds is 1. The molecular formula is C11H20N2O3. The van der Waals surface area contributed by atoms with E-state index in [0.717, 1.165) is 6.42 Å². The molecule has 2 atom stereocenters. The molecule has 1 rings (SSSR count). The molecule has 1 fully saturated rings. The Labute approximate surface area is 95.9 Å². The number of carbonyl (C=O) groups excluding carboxylic acids is 2. The molecule has 16 heavy (non-hydrogen) atoms. The minimum Gasteiger partial charge on any atom is -0.444 e. The largest absolute Gasteiger partial charge is 0.444 e. The molecule has 92 valence electrons. The number of hydrogen-bond donors (Lipinski definition) is 1. The second-order valence-corrected chi connectivity index (χ2v) is 5.23. The molecule has 0 aromatic rings. The Balaban J connectivity index is 2.76. The van der Waals surface area contributed by atoms with Gasteiger partial charge in [-0.3, -0.25) is 9.69 Å². The normalized spacial score (nSPS) is 25.6. The lowest BCUT2D eigenvalue weighted by molar-refractivity contribution is -0.122. The minimum absolute atomic E-state index is 0.00681. The van der Waals surface area contributed by atoms with E-state index >= 15 is 0 Å². The van der Waals surface area contributed by atoms with Crippen LogP contribution in [-0.4, -0.2) is 34.6 Å². The SMILES string of the molecule is CC1CCC(C(N)=O)N1C(=O)OC(C)(C)C. The highest BCUT2D eigenvalue weighted by molar-refractivity contribution is 5.85. The Morgan fingerprint density at radius 3 is 2.31 bits per heavy atom. The Hall–Kier alpha value is -1.26. The number of ether oxygens (including phenoxy) is 1. The van der Waals surface area contributed by atoms with Crippen molar-refractivity contribution in [2.24, 2.45) is 5.73 Å². The summed E-state index contributed by atoms with van der Waals surface area (Å²) in [5.74, 6) is -0.463. The van der Waals surface area contributed by atoms with Gasteiger partial charge >= 0.3 is 6.09 Å². The van der Waals surface area contributed by atoms with Gasteiger partial charge in [0, 0.05) is 6.04 Å². The molecule has 2 N–H and O–H groups in total. The fourth-order valence-corrected chi connectivity index (χ4v) is 1.89. The first kappa shape index (κ1) is 12.8. The molecule has 5 nitrogen and oxygen atoms in total. The minimum atomic E-state index is -0.554. The highest BCUT2D eigenvalue weighted by Gasteiger charge is 2.39. The Morgan fingerprint density at radius 1 is 1.31 bits per heavy atom. The third-order valence-corrected chi connectivity index (χ3v) is 2.60. The third-order valence-electron chi connectivity index (χ3n) is 2.60. The number of likely N-dealkylation sites (tertiary alicyclic amines) is 1. The predicted molar refractivity (Wildman–Crippen MR) is 59.8 cm³/mol. The number of nitrogens with two attached hydrogens (primary N) is 1. The molecule has 2 unspecified atom stereocenters. The zero-order valence-corrected chi connectivity index (χ0v) is 10.3. The van der Waals surface area contributed by atoms with Gasteiger partial charge in [-0.1, -0.05) is 0 Å². The van der Waals surface area contributed by atoms with Crippen LogP contribution in [0.3, 0.4) is 0 Å². The number of nitrogens with zero attached hydrogens (tertiary/aromatic N) is 1. The average Bonchev–Trinajstić information content (AvgIpc) is 2.43. The lowest BCUT2D eigenvalue weighted by atomic mass is 10.2. The van der Waals surface area contributed by atoms with Gasteiger partial charge in [0.1, 0.15) is 11.6 Å². The van der Waals surface area contributed by atoms with Crippen molar-refractivity contribution >= 4 is 12.0 Å². The monoisotopic (exact) mass is 228 g/mol. The van der Waals surface area contributed by atoms with Gasteiger partial charge < -0.3 is 10.5 Å². The van der Waals surface area contributed by atoms with Crippen LogP contribution < -0.4 is 5.73 Å². The van der Waals surface area contributed by atoms with Crippen molar-refractivity contribution in [2.45, 2.75) is 58.2 Å². The van der Waals surface area contributed by atoms with Crippen molar-refractivity contribution in [2.75, 3.05) is 0 Å². The first-order valence-electron chi connectivity index (χ1n) is 5.53. The molecule has 0 saturated carbocycles. The van der Waals surface area contributed by atoms with Gasteiger partial charge in [0.15, 0.2) is 0 Å². The molecule has 5 heteroatoms. The van der Waals surface area contributed by atoms with Crippen LogP contribution in [0.1, 0.15) is 40.5 Å². The van der Waals surface area contributed by atoms with Crippen molar-refractivity contribution in [1.29, 1.82) is 0 Å². The zero-order chi connectivity index (χ0) is 12.5. The Bertz CT molecular complexity index is 296. The van der Waals surface area contributed by atoms with Gasteiger partial charge in [0.05, 0.1) is 0 Å². The van der Waals surface area contributed by atoms with Crippen LogP contribution in [0.25, 0.3) is 0 Å². The van der Waals surface area contributed by atoms with Crippen molar-refractivity contribution in [3.05, 3.63) is 0 Å². The molecule has 1 aliphatic heterocycles. The van der Waals surface area contributed by atoms with Crippen LogP contribution in [0.5, 0.6) is 0 Å². The van der Waals surface area contributed by atoms with Crippen LogP contribution in [0.2, 0.25) is 0 Å². The molecule has 0 spiro atoms. The maximum absolute atomic E-state index is 11.9. The topological polar surface area (TPSA) is 72.6 Å². The van der Waals surface area contributed by atoms with Crippen LogP contribution in [0, 0.1) is 0 Å². The summed E-state index contributed by atoms with van der Waals surface area (Å²) in [5.41, 5.74) is 4.71. The van der Waals surface area contributed by atoms with E-state index in [-0.39, 0.29) is 6.04 Å². The van der Waals surface area contributed by atoms with Gasteiger partial charge in [-0.25, -0.2) is 4.79 Å². The number of carbonyl (C=O) groups is 2. The molecule has 1 heterocycles. The average molecular weight is 228 g/mol. The molecule has 0 aromatic carbocycles. The first-order valence-corrected chi connectivity index (χ1v) is 5.53. The molecular weight excluding hydrogens is 208 g/mol. The van der Waals surface area contributed by atoms with Crippen LogP contribution in [-0.2, 0) is 9.53 Å². The summed E-state index contributed by atoms with van der Waals surface area (Å²) in [6.07, 6.45) is 0.948. The quantitative estimate of drug-likeness (QED) is 0.734. The lowest BCUT2D eigenvalue weighted by Gasteiger charge is -2.29. The summed E-state index contributed by atoms with van der Waals surface area (Å²) >= 11 is 0. The molecule has 0 aromatic heterocycles. The molecule has 0 aliphatic carbocycles. The summed E-state index contributed by atoms with van der Waals surface area (Å²) in [6, 6.07) is -0.516. The maximum Gasteiger partial charge on any atom is 0.411 e. The first-order chi connectivity index (χ1) is 7.22. The van der Waals surface area contributed by atoms with E-state index in [4.69, 9.17) is 10.5 Å². The van der Waals surface area contributed by atoms with E-state index in [9.17, 15) is 9.59 Å². The van der Waals surface area contributed by atoms with Crippen LogP contribution in [0.15, 0.2) is 0 Å². The standard InChI is InChI=1S/C11H20N2O3/c1-7-5-6-8(9(12)14)13(7)10(15)16-11(2,3)4/h7-8H,5-6H2,1-4H3,(H2,12,14). The summed E-state index contributed by atoms with van der Waals surface area (Å²) in [4.78, 5) is 24.5. The van der Waals surface area contributed by atoms with Crippen LogP contribution in [0.4, 0.5) is 4.79 Å². The van der Waals surface area contributed by atoms with Crippen LogP contribution >= 0.6 is 0 Å². The van der Waals surface area contributed by atoms with Crippen molar-refractivity contribution in [3.63, 3.8) is 0 Å². The third kappa shape index (κ3) is 2.87. The fraction of sp³-hybridized carbons (Fsp3) is 0.818. The smallest absolute Gasteiger partial charge is 0.411 e. The number of amides is 2. The molecule has 1 aliphatic rings. The second-order valence-electron chi connectivity index (χ2n) is 5.23. The summed E-state index contributed by atoms with van der Waals surface area (Å²) < 4.78 is 5.25. The van der Waals surface area contributed by atoms with Crippen molar-refractivity contribution in [3.8, 4) is 0 Å². The molecule has 0 bridgehead atoms. The van der Waals surface area contributed by atoms with E-state index in [1.165, 1.54) is 4.90 Å². The number of primary amides is 1. The summed E-state index contributed by atoms with van der Waals surface area (Å²) in [7, 11) is 0.